The Labute approximate surface area is 271 Å². The Hall–Kier alpha value is -6.00. The molecule has 0 saturated heterocycles. The standard InChI is InChI=1S/C43H30FN3/c1-27-41(28(2)47(45-27)32-15-7-4-8-16-32)43-35-19-11-9-17-33(35)42(34-18-10-12-20-36(34)43)29-21-23-39-37(25-29)38-26-30(44)22-24-40(38)46(39)31-13-5-3-6-14-31/h3-26H,1-2H3. The minimum absolute atomic E-state index is 0.239. The number of aryl methyl sites for hydroxylation is 1. The molecule has 0 atom stereocenters. The molecular formula is C43H30FN3. The third kappa shape index (κ3) is 4.15. The van der Waals surface area contributed by atoms with Crippen LogP contribution in [0.1, 0.15) is 11.4 Å². The molecule has 0 aliphatic carbocycles. The predicted molar refractivity (Wildman–Crippen MR) is 193 cm³/mol. The first-order valence-electron chi connectivity index (χ1n) is 15.9. The highest BCUT2D eigenvalue weighted by Gasteiger charge is 2.23. The van der Waals surface area contributed by atoms with Crippen LogP contribution in [0, 0.1) is 19.7 Å². The Morgan fingerprint density at radius 2 is 0.979 bits per heavy atom. The van der Waals surface area contributed by atoms with E-state index in [0.717, 1.165) is 55.7 Å². The summed E-state index contributed by atoms with van der Waals surface area (Å²) in [6.07, 6.45) is 0. The highest BCUT2D eigenvalue weighted by atomic mass is 19.1. The van der Waals surface area contributed by atoms with E-state index in [1.54, 1.807) is 12.1 Å². The number of aromatic nitrogens is 3. The fourth-order valence-electron chi connectivity index (χ4n) is 7.54. The summed E-state index contributed by atoms with van der Waals surface area (Å²) < 4.78 is 19.1. The molecule has 0 bridgehead atoms. The van der Waals surface area contributed by atoms with Crippen molar-refractivity contribution in [2.45, 2.75) is 13.8 Å². The van der Waals surface area contributed by atoms with E-state index in [9.17, 15) is 4.39 Å². The van der Waals surface area contributed by atoms with Crippen LogP contribution < -0.4 is 0 Å². The summed E-state index contributed by atoms with van der Waals surface area (Å²) in [4.78, 5) is 0. The minimum atomic E-state index is -0.239. The third-order valence-corrected chi connectivity index (χ3v) is 9.50. The van der Waals surface area contributed by atoms with Crippen molar-refractivity contribution < 1.29 is 4.39 Å². The van der Waals surface area contributed by atoms with E-state index >= 15 is 0 Å². The molecule has 224 valence electrons. The molecule has 0 saturated carbocycles. The van der Waals surface area contributed by atoms with Gasteiger partial charge in [-0.15, -0.1) is 0 Å². The summed E-state index contributed by atoms with van der Waals surface area (Å²) in [5.41, 5.74) is 10.8. The number of benzene rings is 7. The molecule has 47 heavy (non-hydrogen) atoms. The van der Waals surface area contributed by atoms with E-state index in [2.05, 4.69) is 114 Å². The molecule has 9 rings (SSSR count). The zero-order chi connectivity index (χ0) is 31.6. The number of halogens is 1. The van der Waals surface area contributed by atoms with Crippen LogP contribution in [0.5, 0.6) is 0 Å². The maximum Gasteiger partial charge on any atom is 0.123 e. The SMILES string of the molecule is Cc1nn(-c2ccccc2)c(C)c1-c1c2ccccc2c(-c2ccc3c(c2)c2cc(F)ccc2n3-c2ccccc2)c2ccccc12. The molecule has 0 aliphatic rings. The zero-order valence-electron chi connectivity index (χ0n) is 26.1. The van der Waals surface area contributed by atoms with Crippen LogP contribution in [0.3, 0.4) is 0 Å². The van der Waals surface area contributed by atoms with Gasteiger partial charge in [0.15, 0.2) is 0 Å². The van der Waals surface area contributed by atoms with Crippen molar-refractivity contribution >= 4 is 43.4 Å². The first-order chi connectivity index (χ1) is 23.1. The van der Waals surface area contributed by atoms with Crippen molar-refractivity contribution in [3.63, 3.8) is 0 Å². The van der Waals surface area contributed by atoms with Gasteiger partial charge in [0.05, 0.1) is 22.4 Å². The molecular weight excluding hydrogens is 577 g/mol. The average molecular weight is 608 g/mol. The van der Waals surface area contributed by atoms with Crippen LogP contribution in [0.4, 0.5) is 4.39 Å². The highest BCUT2D eigenvalue weighted by molar-refractivity contribution is 6.22. The summed E-state index contributed by atoms with van der Waals surface area (Å²) in [6.45, 7) is 4.27. The average Bonchev–Trinajstić information content (AvgIpc) is 3.59. The van der Waals surface area contributed by atoms with E-state index < -0.39 is 0 Å². The van der Waals surface area contributed by atoms with E-state index in [0.29, 0.717) is 0 Å². The van der Waals surface area contributed by atoms with Gasteiger partial charge in [-0.3, -0.25) is 0 Å². The summed E-state index contributed by atoms with van der Waals surface area (Å²) in [7, 11) is 0. The van der Waals surface area contributed by atoms with Crippen molar-refractivity contribution in [1.82, 2.24) is 14.3 Å². The van der Waals surface area contributed by atoms with Crippen LogP contribution in [0.25, 0.3) is 77.0 Å². The molecule has 0 spiro atoms. The second-order valence-electron chi connectivity index (χ2n) is 12.2. The molecule has 0 amide bonds. The first kappa shape index (κ1) is 27.3. The Morgan fingerprint density at radius 3 is 1.60 bits per heavy atom. The van der Waals surface area contributed by atoms with E-state index in [-0.39, 0.29) is 5.82 Å². The topological polar surface area (TPSA) is 22.8 Å². The zero-order valence-corrected chi connectivity index (χ0v) is 26.1. The molecule has 2 aromatic heterocycles. The van der Waals surface area contributed by atoms with Gasteiger partial charge in [-0.2, -0.15) is 5.10 Å². The number of nitrogens with zero attached hydrogens (tertiary/aromatic N) is 3. The second-order valence-corrected chi connectivity index (χ2v) is 12.2. The van der Waals surface area contributed by atoms with Crippen molar-refractivity contribution in [3.8, 4) is 33.6 Å². The Bertz CT molecular complexity index is 2590. The van der Waals surface area contributed by atoms with Crippen LogP contribution in [-0.2, 0) is 0 Å². The van der Waals surface area contributed by atoms with E-state index in [4.69, 9.17) is 5.10 Å². The lowest BCUT2D eigenvalue weighted by atomic mass is 9.85. The molecule has 0 N–H and O–H groups in total. The van der Waals surface area contributed by atoms with Gasteiger partial charge in [-0.05, 0) is 101 Å². The quantitative estimate of drug-likeness (QED) is 0.183. The molecule has 9 aromatic rings. The Balaban J connectivity index is 1.35. The van der Waals surface area contributed by atoms with Crippen LogP contribution >= 0.6 is 0 Å². The van der Waals surface area contributed by atoms with Gasteiger partial charge in [-0.25, -0.2) is 9.07 Å². The first-order valence-corrected chi connectivity index (χ1v) is 15.9. The van der Waals surface area contributed by atoms with Crippen molar-refractivity contribution in [2.24, 2.45) is 0 Å². The number of hydrogen-bond acceptors (Lipinski definition) is 1. The second kappa shape index (κ2) is 10.5. The molecule has 0 radical (unpaired) electrons. The molecule has 7 aromatic carbocycles. The normalized spacial score (nSPS) is 11.7. The fraction of sp³-hybridized carbons (Fsp3) is 0.0465. The van der Waals surface area contributed by atoms with Gasteiger partial charge in [0.25, 0.3) is 0 Å². The molecule has 2 heterocycles. The Morgan fingerprint density at radius 1 is 0.468 bits per heavy atom. The lowest BCUT2D eigenvalue weighted by Crippen LogP contribution is -1.98. The van der Waals surface area contributed by atoms with Gasteiger partial charge in [0.2, 0.25) is 0 Å². The van der Waals surface area contributed by atoms with Gasteiger partial charge in [0, 0.05) is 33.3 Å². The van der Waals surface area contributed by atoms with Crippen LogP contribution in [0.2, 0.25) is 0 Å². The minimum Gasteiger partial charge on any atom is -0.309 e. The van der Waals surface area contributed by atoms with Crippen LogP contribution in [0.15, 0.2) is 146 Å². The smallest absolute Gasteiger partial charge is 0.123 e. The van der Waals surface area contributed by atoms with Gasteiger partial charge in [-0.1, -0.05) is 91.0 Å². The van der Waals surface area contributed by atoms with Crippen LogP contribution in [-0.4, -0.2) is 14.3 Å². The maximum absolute atomic E-state index is 14.8. The monoisotopic (exact) mass is 607 g/mol. The lowest BCUT2D eigenvalue weighted by Gasteiger charge is -2.18. The number of rotatable bonds is 4. The van der Waals surface area contributed by atoms with Gasteiger partial charge >= 0.3 is 0 Å². The number of para-hydroxylation sites is 2. The number of hydrogen-bond donors (Lipinski definition) is 0. The largest absolute Gasteiger partial charge is 0.309 e. The summed E-state index contributed by atoms with van der Waals surface area (Å²) in [6, 6.07) is 49.7. The van der Waals surface area contributed by atoms with Crippen molar-refractivity contribution in [3.05, 3.63) is 163 Å². The van der Waals surface area contributed by atoms with E-state index in [1.165, 1.54) is 32.7 Å². The third-order valence-electron chi connectivity index (χ3n) is 9.50. The fourth-order valence-corrected chi connectivity index (χ4v) is 7.54. The van der Waals surface area contributed by atoms with Crippen molar-refractivity contribution in [2.75, 3.05) is 0 Å². The summed E-state index contributed by atoms with van der Waals surface area (Å²) in [5.74, 6) is -0.239. The molecule has 4 heteroatoms. The van der Waals surface area contributed by atoms with Gasteiger partial charge < -0.3 is 4.57 Å². The van der Waals surface area contributed by atoms with Gasteiger partial charge in [0.1, 0.15) is 5.82 Å². The maximum atomic E-state index is 14.8. The highest BCUT2D eigenvalue weighted by Crippen LogP contribution is 2.46. The van der Waals surface area contributed by atoms with E-state index in [1.807, 2.05) is 42.5 Å². The molecule has 0 unspecified atom stereocenters. The molecule has 3 nitrogen and oxygen atoms in total. The predicted octanol–water partition coefficient (Wildman–Crippen LogP) is 11.4. The van der Waals surface area contributed by atoms with Crippen molar-refractivity contribution in [1.29, 1.82) is 0 Å². The summed E-state index contributed by atoms with van der Waals surface area (Å²) in [5, 5.41) is 11.7. The summed E-state index contributed by atoms with van der Waals surface area (Å²) >= 11 is 0. The number of fused-ring (bicyclic) bond motifs is 5. The lowest BCUT2D eigenvalue weighted by molar-refractivity contribution is 0.629. The molecule has 0 fully saturated rings. The molecule has 0 aliphatic heterocycles. The Kier molecular flexibility index (Phi) is 6.12.